The molecule has 1 aliphatic rings. The van der Waals surface area contributed by atoms with Crippen molar-refractivity contribution < 1.29 is 23.2 Å². The molecule has 0 amide bonds. The molecule has 0 fully saturated rings. The largest absolute Gasteiger partial charge is 0.472 e. The number of hydrogen-bond donors (Lipinski definition) is 1. The van der Waals surface area contributed by atoms with E-state index in [0.29, 0.717) is 18.8 Å². The Hall–Kier alpha value is -0.125. The van der Waals surface area contributed by atoms with Crippen LogP contribution >= 0.6 is 7.82 Å². The van der Waals surface area contributed by atoms with Crippen molar-refractivity contribution in [3.63, 3.8) is 0 Å². The fourth-order valence-electron chi connectivity index (χ4n) is 2.13. The Kier molecular flexibility index (Phi) is 6.96. The lowest BCUT2D eigenvalue weighted by Crippen LogP contribution is -2.31. The molecule has 0 saturated heterocycles. The van der Waals surface area contributed by atoms with E-state index in [1.807, 2.05) is 19.9 Å². The lowest BCUT2D eigenvalue weighted by molar-refractivity contribution is 0.00585. The lowest BCUT2D eigenvalue weighted by atomic mass is 9.75. The van der Waals surface area contributed by atoms with E-state index in [0.717, 1.165) is 0 Å². The molecule has 0 saturated carbocycles. The van der Waals surface area contributed by atoms with Crippen LogP contribution in [-0.4, -0.2) is 37.7 Å². The van der Waals surface area contributed by atoms with Gasteiger partial charge in [0.2, 0.25) is 0 Å². The standard InChI is InChI=1S/C13H26BO5P/c1-9(2)17-8-11-5-6-12(14)7-13(11)19-20(15,16)18-10(3)4/h5-6,9-13H,7-8,14H2,1-4H3,(H,15,16). The summed E-state index contributed by atoms with van der Waals surface area (Å²) in [7, 11) is -1.96. The first-order valence-corrected chi connectivity index (χ1v) is 8.68. The highest BCUT2D eigenvalue weighted by atomic mass is 31.2. The third kappa shape index (κ3) is 6.55. The monoisotopic (exact) mass is 304 g/mol. The minimum Gasteiger partial charge on any atom is -0.378 e. The maximum absolute atomic E-state index is 11.9. The molecule has 4 unspecified atom stereocenters. The van der Waals surface area contributed by atoms with Crippen LogP contribution in [0.5, 0.6) is 0 Å². The maximum atomic E-state index is 11.9. The number of phosphoric acid groups is 1. The summed E-state index contributed by atoms with van der Waals surface area (Å²) in [5.41, 5.74) is 0. The summed E-state index contributed by atoms with van der Waals surface area (Å²) in [5, 5.41) is 0. The van der Waals surface area contributed by atoms with E-state index < -0.39 is 7.82 Å². The van der Waals surface area contributed by atoms with E-state index in [-0.39, 0.29) is 24.2 Å². The second-order valence-corrected chi connectivity index (χ2v) is 7.27. The van der Waals surface area contributed by atoms with Crippen molar-refractivity contribution in [3.05, 3.63) is 12.2 Å². The Morgan fingerprint density at radius 1 is 1.30 bits per heavy atom. The minimum absolute atomic E-state index is 0.0233. The van der Waals surface area contributed by atoms with Gasteiger partial charge in [0.1, 0.15) is 7.85 Å². The zero-order valence-electron chi connectivity index (χ0n) is 13.0. The van der Waals surface area contributed by atoms with Crippen LogP contribution in [-0.2, 0) is 18.3 Å². The van der Waals surface area contributed by atoms with E-state index in [1.54, 1.807) is 13.8 Å². The molecule has 0 aliphatic heterocycles. The van der Waals surface area contributed by atoms with Crippen molar-refractivity contribution in [1.82, 2.24) is 0 Å². The molecule has 1 N–H and O–H groups in total. The summed E-state index contributed by atoms with van der Waals surface area (Å²) in [6.07, 6.45) is 4.21. The molecule has 20 heavy (non-hydrogen) atoms. The third-order valence-electron chi connectivity index (χ3n) is 3.00. The Labute approximate surface area is 122 Å². The zero-order chi connectivity index (χ0) is 15.3. The fourth-order valence-corrected chi connectivity index (χ4v) is 3.29. The summed E-state index contributed by atoms with van der Waals surface area (Å²) >= 11 is 0. The molecule has 5 nitrogen and oxygen atoms in total. The number of phosphoric ester groups is 1. The first kappa shape index (κ1) is 17.9. The quantitative estimate of drug-likeness (QED) is 0.444. The summed E-state index contributed by atoms with van der Waals surface area (Å²) in [6.45, 7) is 7.81. The topological polar surface area (TPSA) is 65.0 Å². The minimum atomic E-state index is -4.02. The molecule has 0 aromatic rings. The molecule has 1 rings (SSSR count). The van der Waals surface area contributed by atoms with Crippen molar-refractivity contribution >= 4 is 15.7 Å². The summed E-state index contributed by atoms with van der Waals surface area (Å²) in [4.78, 5) is 9.76. The van der Waals surface area contributed by atoms with Crippen molar-refractivity contribution in [1.29, 1.82) is 0 Å². The van der Waals surface area contributed by atoms with Gasteiger partial charge in [-0.3, -0.25) is 9.05 Å². The molecule has 0 heterocycles. The van der Waals surface area contributed by atoms with Gasteiger partial charge in [-0.05, 0) is 39.9 Å². The average Bonchev–Trinajstić information content (AvgIpc) is 2.25. The molecule has 0 aromatic heterocycles. The van der Waals surface area contributed by atoms with Crippen LogP contribution in [0.1, 0.15) is 34.1 Å². The van der Waals surface area contributed by atoms with Crippen LogP contribution in [0.4, 0.5) is 0 Å². The third-order valence-corrected chi connectivity index (χ3v) is 4.23. The van der Waals surface area contributed by atoms with E-state index in [1.165, 1.54) is 0 Å². The van der Waals surface area contributed by atoms with Gasteiger partial charge in [0, 0.05) is 5.92 Å². The molecular weight excluding hydrogens is 278 g/mol. The van der Waals surface area contributed by atoms with E-state index >= 15 is 0 Å². The van der Waals surface area contributed by atoms with Gasteiger partial charge in [-0.2, -0.15) is 0 Å². The molecule has 7 heteroatoms. The SMILES string of the molecule is BC1C=CC(COC(C)C)C(OP(=O)(O)OC(C)C)C1. The zero-order valence-corrected chi connectivity index (χ0v) is 13.9. The number of allylic oxidation sites excluding steroid dienone is 1. The first-order valence-electron chi connectivity index (χ1n) is 7.19. The van der Waals surface area contributed by atoms with Crippen LogP contribution in [0.3, 0.4) is 0 Å². The number of rotatable bonds is 7. The van der Waals surface area contributed by atoms with E-state index in [9.17, 15) is 9.46 Å². The highest BCUT2D eigenvalue weighted by Gasteiger charge is 2.34. The first-order chi connectivity index (χ1) is 9.19. The normalized spacial score (nSPS) is 29.9. The van der Waals surface area contributed by atoms with Crippen LogP contribution in [0.15, 0.2) is 12.2 Å². The van der Waals surface area contributed by atoms with Crippen LogP contribution in [0.2, 0.25) is 5.82 Å². The molecular formula is C13H26BO5P. The fraction of sp³-hybridized carbons (Fsp3) is 0.846. The van der Waals surface area contributed by atoms with Gasteiger partial charge in [-0.1, -0.05) is 12.2 Å². The van der Waals surface area contributed by atoms with Gasteiger partial charge in [0.25, 0.3) is 0 Å². The molecule has 1 aliphatic carbocycles. The van der Waals surface area contributed by atoms with Crippen molar-refractivity contribution in [2.75, 3.05) is 6.61 Å². The van der Waals surface area contributed by atoms with Crippen LogP contribution in [0.25, 0.3) is 0 Å². The van der Waals surface area contributed by atoms with Crippen molar-refractivity contribution in [3.8, 4) is 0 Å². The number of hydrogen-bond acceptors (Lipinski definition) is 4. The van der Waals surface area contributed by atoms with Crippen molar-refractivity contribution in [2.45, 2.75) is 58.2 Å². The lowest BCUT2D eigenvalue weighted by Gasteiger charge is -2.32. The number of ether oxygens (including phenoxy) is 1. The molecule has 0 spiro atoms. The predicted octanol–water partition coefficient (Wildman–Crippen LogP) is 2.32. The molecule has 0 aromatic carbocycles. The summed E-state index contributed by atoms with van der Waals surface area (Å²) < 4.78 is 27.9. The van der Waals surface area contributed by atoms with Gasteiger partial charge < -0.3 is 9.63 Å². The van der Waals surface area contributed by atoms with Gasteiger partial charge in [0.15, 0.2) is 0 Å². The second-order valence-electron chi connectivity index (χ2n) is 5.91. The predicted molar refractivity (Wildman–Crippen MR) is 81.5 cm³/mol. The van der Waals surface area contributed by atoms with Gasteiger partial charge in [0.05, 0.1) is 24.9 Å². The van der Waals surface area contributed by atoms with Gasteiger partial charge >= 0.3 is 7.82 Å². The highest BCUT2D eigenvalue weighted by Crippen LogP contribution is 2.48. The Morgan fingerprint density at radius 2 is 1.95 bits per heavy atom. The molecule has 0 radical (unpaired) electrons. The second kappa shape index (κ2) is 7.76. The summed E-state index contributed by atoms with van der Waals surface area (Å²) in [5.74, 6) is 0.291. The van der Waals surface area contributed by atoms with E-state index in [2.05, 4.69) is 13.9 Å². The van der Waals surface area contributed by atoms with E-state index in [4.69, 9.17) is 13.8 Å². The Bertz CT molecular complexity index is 372. The smallest absolute Gasteiger partial charge is 0.378 e. The van der Waals surface area contributed by atoms with Gasteiger partial charge in [-0.25, -0.2) is 4.57 Å². The maximum Gasteiger partial charge on any atom is 0.472 e. The molecule has 0 bridgehead atoms. The molecule has 116 valence electrons. The summed E-state index contributed by atoms with van der Waals surface area (Å²) in [6, 6.07) is 0. The van der Waals surface area contributed by atoms with Crippen molar-refractivity contribution in [2.24, 2.45) is 5.92 Å². The Morgan fingerprint density at radius 3 is 2.50 bits per heavy atom. The van der Waals surface area contributed by atoms with Gasteiger partial charge in [-0.15, -0.1) is 0 Å². The highest BCUT2D eigenvalue weighted by molar-refractivity contribution is 7.47. The molecule has 4 atom stereocenters. The average molecular weight is 304 g/mol. The van der Waals surface area contributed by atoms with Crippen LogP contribution < -0.4 is 0 Å². The van der Waals surface area contributed by atoms with Crippen LogP contribution in [0, 0.1) is 5.92 Å². The Balaban J connectivity index is 2.67.